The standard InChI is InChI=1S/C13H20BrF3N4/c1-3-12(4-2,8-14)9-20-5-6-21-10(7-20)18-19-11(21)13(15,16)17/h3-9H2,1-2H3. The van der Waals surface area contributed by atoms with Gasteiger partial charge < -0.3 is 4.57 Å². The smallest absolute Gasteiger partial charge is 0.305 e. The fraction of sp³-hybridized carbons (Fsp3) is 0.846. The van der Waals surface area contributed by atoms with Gasteiger partial charge >= 0.3 is 6.18 Å². The average molecular weight is 369 g/mol. The molecule has 0 radical (unpaired) electrons. The van der Waals surface area contributed by atoms with E-state index in [1.54, 1.807) is 0 Å². The maximum Gasteiger partial charge on any atom is 0.451 e. The van der Waals surface area contributed by atoms with Crippen molar-refractivity contribution in [2.75, 3.05) is 18.4 Å². The fourth-order valence-corrected chi connectivity index (χ4v) is 3.70. The molecular weight excluding hydrogens is 349 g/mol. The fourth-order valence-electron chi connectivity index (χ4n) is 2.73. The summed E-state index contributed by atoms with van der Waals surface area (Å²) in [6.07, 6.45) is -2.36. The summed E-state index contributed by atoms with van der Waals surface area (Å²) in [4.78, 5) is 2.18. The number of aromatic nitrogens is 3. The summed E-state index contributed by atoms with van der Waals surface area (Å²) in [7, 11) is 0. The van der Waals surface area contributed by atoms with Crippen LogP contribution in [0.3, 0.4) is 0 Å². The van der Waals surface area contributed by atoms with Gasteiger partial charge in [-0.2, -0.15) is 13.2 Å². The SMILES string of the molecule is CCC(CC)(CBr)CN1CCn2c(nnc2C(F)(F)F)C1. The van der Waals surface area contributed by atoms with Crippen molar-refractivity contribution in [3.63, 3.8) is 0 Å². The Kier molecular flexibility index (Phi) is 4.97. The van der Waals surface area contributed by atoms with Gasteiger partial charge in [-0.25, -0.2) is 0 Å². The van der Waals surface area contributed by atoms with Crippen LogP contribution >= 0.6 is 15.9 Å². The number of hydrogen-bond donors (Lipinski definition) is 0. The molecule has 1 aromatic heterocycles. The largest absolute Gasteiger partial charge is 0.451 e. The zero-order valence-electron chi connectivity index (χ0n) is 12.3. The molecule has 0 bridgehead atoms. The van der Waals surface area contributed by atoms with Crippen molar-refractivity contribution >= 4 is 15.9 Å². The summed E-state index contributed by atoms with van der Waals surface area (Å²) in [6, 6.07) is 0. The second kappa shape index (κ2) is 6.24. The highest BCUT2D eigenvalue weighted by atomic mass is 79.9. The number of fused-ring (bicyclic) bond motifs is 1. The van der Waals surface area contributed by atoms with E-state index in [4.69, 9.17) is 0 Å². The molecule has 0 fully saturated rings. The first-order valence-corrected chi connectivity index (χ1v) is 8.25. The Labute approximate surface area is 130 Å². The first-order chi connectivity index (χ1) is 9.85. The molecule has 8 heteroatoms. The van der Waals surface area contributed by atoms with Crippen molar-refractivity contribution in [3.05, 3.63) is 11.6 Å². The van der Waals surface area contributed by atoms with Gasteiger partial charge in [-0.15, -0.1) is 10.2 Å². The molecule has 0 unspecified atom stereocenters. The monoisotopic (exact) mass is 368 g/mol. The maximum atomic E-state index is 12.8. The zero-order valence-corrected chi connectivity index (χ0v) is 13.8. The van der Waals surface area contributed by atoms with Gasteiger partial charge in [0.05, 0.1) is 6.54 Å². The van der Waals surface area contributed by atoms with E-state index in [1.807, 2.05) is 0 Å². The van der Waals surface area contributed by atoms with E-state index in [0.29, 0.717) is 25.5 Å². The summed E-state index contributed by atoms with van der Waals surface area (Å²) in [5.41, 5.74) is 0.162. The molecular formula is C13H20BrF3N4. The Bertz CT molecular complexity index is 474. The van der Waals surface area contributed by atoms with Crippen molar-refractivity contribution in [1.82, 2.24) is 19.7 Å². The van der Waals surface area contributed by atoms with Crippen LogP contribution in [0.4, 0.5) is 13.2 Å². The Morgan fingerprint density at radius 3 is 2.33 bits per heavy atom. The van der Waals surface area contributed by atoms with Crippen LogP contribution in [0, 0.1) is 5.41 Å². The summed E-state index contributed by atoms with van der Waals surface area (Å²) in [5.74, 6) is -0.473. The quantitative estimate of drug-likeness (QED) is 0.747. The predicted octanol–water partition coefficient (Wildman–Crippen LogP) is 3.31. The molecule has 0 N–H and O–H groups in total. The molecule has 120 valence electrons. The molecule has 0 spiro atoms. The lowest BCUT2D eigenvalue weighted by atomic mass is 9.84. The molecule has 0 amide bonds. The molecule has 0 aromatic carbocycles. The molecule has 1 aromatic rings. The van der Waals surface area contributed by atoms with E-state index in [9.17, 15) is 13.2 Å². The van der Waals surface area contributed by atoms with Gasteiger partial charge in [-0.05, 0) is 18.3 Å². The predicted molar refractivity (Wildman–Crippen MR) is 77.1 cm³/mol. The van der Waals surface area contributed by atoms with Gasteiger partial charge in [0.1, 0.15) is 5.82 Å². The van der Waals surface area contributed by atoms with Crippen LogP contribution < -0.4 is 0 Å². The summed E-state index contributed by atoms with van der Waals surface area (Å²) >= 11 is 3.57. The van der Waals surface area contributed by atoms with Crippen LogP contribution in [0.15, 0.2) is 0 Å². The van der Waals surface area contributed by atoms with E-state index in [1.165, 1.54) is 4.57 Å². The highest BCUT2D eigenvalue weighted by Gasteiger charge is 2.40. The molecule has 1 aliphatic rings. The minimum Gasteiger partial charge on any atom is -0.305 e. The van der Waals surface area contributed by atoms with Crippen molar-refractivity contribution in [2.24, 2.45) is 5.41 Å². The van der Waals surface area contributed by atoms with Crippen LogP contribution in [-0.4, -0.2) is 38.1 Å². The molecule has 0 aliphatic carbocycles. The van der Waals surface area contributed by atoms with Gasteiger partial charge in [-0.1, -0.05) is 29.8 Å². The van der Waals surface area contributed by atoms with Crippen molar-refractivity contribution in [3.8, 4) is 0 Å². The van der Waals surface area contributed by atoms with E-state index >= 15 is 0 Å². The normalized spacial score (nSPS) is 17.0. The van der Waals surface area contributed by atoms with Crippen molar-refractivity contribution in [1.29, 1.82) is 0 Å². The number of alkyl halides is 4. The first-order valence-electron chi connectivity index (χ1n) is 7.13. The van der Waals surface area contributed by atoms with Crippen LogP contribution in [0.25, 0.3) is 0 Å². The third-order valence-corrected chi connectivity index (χ3v) is 5.62. The van der Waals surface area contributed by atoms with E-state index in [0.717, 1.165) is 24.7 Å². The van der Waals surface area contributed by atoms with Crippen LogP contribution in [-0.2, 0) is 19.3 Å². The van der Waals surface area contributed by atoms with Gasteiger partial charge in [0.2, 0.25) is 5.82 Å². The molecule has 2 rings (SSSR count). The van der Waals surface area contributed by atoms with Crippen LogP contribution in [0.1, 0.15) is 38.3 Å². The molecule has 21 heavy (non-hydrogen) atoms. The first kappa shape index (κ1) is 16.7. The number of rotatable bonds is 5. The summed E-state index contributed by atoms with van der Waals surface area (Å²) < 4.78 is 39.6. The van der Waals surface area contributed by atoms with Crippen LogP contribution in [0.5, 0.6) is 0 Å². The molecule has 0 saturated carbocycles. The minimum atomic E-state index is -4.43. The Hall–Kier alpha value is -0.630. The third-order valence-electron chi connectivity index (χ3n) is 4.43. The lowest BCUT2D eigenvalue weighted by molar-refractivity contribution is -0.148. The summed E-state index contributed by atoms with van der Waals surface area (Å²) in [6.45, 7) is 6.49. The number of halogens is 4. The average Bonchev–Trinajstić information content (AvgIpc) is 2.88. The van der Waals surface area contributed by atoms with Gasteiger partial charge in [-0.3, -0.25) is 4.90 Å². The molecule has 0 atom stereocenters. The van der Waals surface area contributed by atoms with Crippen molar-refractivity contribution in [2.45, 2.75) is 46.0 Å². The summed E-state index contributed by atoms with van der Waals surface area (Å²) in [5, 5.41) is 7.93. The number of hydrogen-bond acceptors (Lipinski definition) is 3. The number of nitrogens with zero attached hydrogens (tertiary/aromatic N) is 4. The molecule has 4 nitrogen and oxygen atoms in total. The highest BCUT2D eigenvalue weighted by molar-refractivity contribution is 9.09. The van der Waals surface area contributed by atoms with Gasteiger partial charge in [0.25, 0.3) is 0 Å². The lowest BCUT2D eigenvalue weighted by Gasteiger charge is -2.37. The van der Waals surface area contributed by atoms with E-state index in [-0.39, 0.29) is 5.41 Å². The molecule has 2 heterocycles. The molecule has 0 saturated heterocycles. The van der Waals surface area contributed by atoms with E-state index < -0.39 is 12.0 Å². The molecule has 1 aliphatic heterocycles. The highest BCUT2D eigenvalue weighted by Crippen LogP contribution is 2.33. The second-order valence-electron chi connectivity index (χ2n) is 5.64. The second-order valence-corrected chi connectivity index (χ2v) is 6.20. The Balaban J connectivity index is 2.12. The minimum absolute atomic E-state index is 0.162. The zero-order chi connectivity index (χ0) is 15.7. The van der Waals surface area contributed by atoms with Gasteiger partial charge in [0, 0.05) is 25.0 Å². The Morgan fingerprint density at radius 2 is 1.81 bits per heavy atom. The third kappa shape index (κ3) is 3.41. The van der Waals surface area contributed by atoms with Gasteiger partial charge in [0.15, 0.2) is 0 Å². The van der Waals surface area contributed by atoms with Crippen molar-refractivity contribution < 1.29 is 13.2 Å². The maximum absolute atomic E-state index is 12.8. The topological polar surface area (TPSA) is 34.0 Å². The lowest BCUT2D eigenvalue weighted by Crippen LogP contribution is -2.43. The van der Waals surface area contributed by atoms with E-state index in [2.05, 4.69) is 44.9 Å². The van der Waals surface area contributed by atoms with Crippen LogP contribution in [0.2, 0.25) is 0 Å². The Morgan fingerprint density at radius 1 is 1.14 bits per heavy atom.